The highest BCUT2D eigenvalue weighted by Crippen LogP contribution is 2.40. The predicted molar refractivity (Wildman–Crippen MR) is 156 cm³/mol. The Kier molecular flexibility index (Phi) is 4.30. The predicted octanol–water partition coefficient (Wildman–Crippen LogP) is 9.70. The van der Waals surface area contributed by atoms with Crippen LogP contribution in [0, 0.1) is 0 Å². The molecule has 0 fully saturated rings. The normalized spacial score (nSPS) is 11.9. The molecule has 0 unspecified atom stereocenters. The number of aromatic nitrogens is 2. The third-order valence-corrected chi connectivity index (χ3v) is 9.04. The largest absolute Gasteiger partial charge is 0.236 e. The Morgan fingerprint density at radius 3 is 1.44 bits per heavy atom. The number of hydrogen-bond acceptors (Lipinski definition) is 4. The van der Waals surface area contributed by atoms with E-state index in [-0.39, 0.29) is 0 Å². The van der Waals surface area contributed by atoms with Gasteiger partial charge < -0.3 is 0 Å². The van der Waals surface area contributed by atoms with E-state index in [2.05, 4.69) is 103 Å². The summed E-state index contributed by atoms with van der Waals surface area (Å²) in [5.41, 5.74) is 4.39. The van der Waals surface area contributed by atoms with Crippen LogP contribution in [0.15, 0.2) is 109 Å². The van der Waals surface area contributed by atoms with Crippen molar-refractivity contribution in [1.82, 2.24) is 9.97 Å². The summed E-state index contributed by atoms with van der Waals surface area (Å²) in [7, 11) is 0. The second kappa shape index (κ2) is 7.69. The Morgan fingerprint density at radius 2 is 0.861 bits per heavy atom. The molecule has 0 radical (unpaired) electrons. The van der Waals surface area contributed by atoms with Gasteiger partial charge in [-0.1, -0.05) is 91.0 Å². The molecule has 0 spiro atoms. The summed E-state index contributed by atoms with van der Waals surface area (Å²) in [5.74, 6) is 0. The van der Waals surface area contributed by atoms with Gasteiger partial charge in [0.1, 0.15) is 10.0 Å². The Hall–Kier alpha value is -4.12. The molecule has 0 aliphatic carbocycles. The van der Waals surface area contributed by atoms with Gasteiger partial charge in [-0.15, -0.1) is 22.7 Å². The van der Waals surface area contributed by atoms with Crippen molar-refractivity contribution < 1.29 is 0 Å². The van der Waals surface area contributed by atoms with Gasteiger partial charge in [0.2, 0.25) is 0 Å². The van der Waals surface area contributed by atoms with Gasteiger partial charge in [0.25, 0.3) is 0 Å². The van der Waals surface area contributed by atoms with Gasteiger partial charge >= 0.3 is 0 Å². The van der Waals surface area contributed by atoms with Crippen LogP contribution in [-0.2, 0) is 0 Å². The van der Waals surface area contributed by atoms with Gasteiger partial charge in [-0.3, -0.25) is 0 Å². The molecule has 6 aromatic carbocycles. The molecule has 8 aromatic rings. The molecule has 0 N–H and O–H groups in total. The fourth-order valence-electron chi connectivity index (χ4n) is 5.22. The number of hydrogen-bond donors (Lipinski definition) is 0. The van der Waals surface area contributed by atoms with Gasteiger partial charge in [0.15, 0.2) is 0 Å². The highest BCUT2D eigenvalue weighted by Gasteiger charge is 2.14. The summed E-state index contributed by atoms with van der Waals surface area (Å²) in [4.78, 5) is 9.98. The fourth-order valence-corrected chi connectivity index (χ4v) is 7.18. The maximum atomic E-state index is 5.06. The molecular formula is C32H18N2S2. The first kappa shape index (κ1) is 20.1. The Bertz CT molecular complexity index is 2020. The number of thiazole rings is 2. The second-order valence-corrected chi connectivity index (χ2v) is 11.1. The van der Waals surface area contributed by atoms with Gasteiger partial charge in [0.05, 0.1) is 20.4 Å². The maximum Gasteiger partial charge on any atom is 0.124 e. The lowest BCUT2D eigenvalue weighted by molar-refractivity contribution is 1.47. The topological polar surface area (TPSA) is 25.8 Å². The number of nitrogens with zero attached hydrogens (tertiary/aromatic N) is 2. The van der Waals surface area contributed by atoms with E-state index >= 15 is 0 Å². The molecule has 0 saturated heterocycles. The highest BCUT2D eigenvalue weighted by atomic mass is 32.1. The lowest BCUT2D eigenvalue weighted by Gasteiger charge is -2.11. The first-order valence-corrected chi connectivity index (χ1v) is 13.6. The molecule has 168 valence electrons. The van der Waals surface area contributed by atoms with Crippen molar-refractivity contribution >= 4 is 75.4 Å². The Balaban J connectivity index is 1.30. The van der Waals surface area contributed by atoms with E-state index in [1.165, 1.54) is 41.7 Å². The molecule has 2 aromatic heterocycles. The standard InChI is InChI=1S/C32H18N2S2/c1-2-8-19(9-3-1)31-33-27-17-30-28(18-29(27)35-31)34-32(36-30)20-14-15-25-23-12-5-4-10-21(23)22-11-6-7-13-24(22)26(25)16-20/h1-18H. The third kappa shape index (κ3) is 3.02. The van der Waals surface area contributed by atoms with E-state index in [1.807, 2.05) is 6.07 Å². The summed E-state index contributed by atoms with van der Waals surface area (Å²) in [6.45, 7) is 0. The van der Waals surface area contributed by atoms with Crippen molar-refractivity contribution in [2.45, 2.75) is 0 Å². The van der Waals surface area contributed by atoms with Crippen LogP contribution in [0.4, 0.5) is 0 Å². The molecule has 4 heteroatoms. The van der Waals surface area contributed by atoms with Crippen molar-refractivity contribution in [2.24, 2.45) is 0 Å². The van der Waals surface area contributed by atoms with Crippen molar-refractivity contribution in [2.75, 3.05) is 0 Å². The van der Waals surface area contributed by atoms with Crippen LogP contribution in [0.1, 0.15) is 0 Å². The minimum Gasteiger partial charge on any atom is -0.236 e. The minimum atomic E-state index is 1.04. The number of benzene rings is 6. The van der Waals surface area contributed by atoms with Crippen molar-refractivity contribution in [3.8, 4) is 21.1 Å². The SMILES string of the molecule is c1ccc(-c2nc3cc4sc(-c5ccc6c7ccccc7c7ccccc7c6c5)nc4cc3s2)cc1. The van der Waals surface area contributed by atoms with Crippen LogP contribution < -0.4 is 0 Å². The maximum absolute atomic E-state index is 5.06. The first-order chi connectivity index (χ1) is 17.8. The molecular weight excluding hydrogens is 477 g/mol. The van der Waals surface area contributed by atoms with E-state index in [1.54, 1.807) is 22.7 Å². The van der Waals surface area contributed by atoms with E-state index in [4.69, 9.17) is 9.97 Å². The number of rotatable bonds is 2. The Morgan fingerprint density at radius 1 is 0.389 bits per heavy atom. The van der Waals surface area contributed by atoms with Gasteiger partial charge in [-0.05, 0) is 50.5 Å². The van der Waals surface area contributed by atoms with Crippen LogP contribution in [-0.4, -0.2) is 9.97 Å². The third-order valence-electron chi connectivity index (χ3n) is 6.91. The monoisotopic (exact) mass is 494 g/mol. The van der Waals surface area contributed by atoms with Gasteiger partial charge in [-0.2, -0.15) is 0 Å². The van der Waals surface area contributed by atoms with E-state index in [9.17, 15) is 0 Å². The highest BCUT2D eigenvalue weighted by molar-refractivity contribution is 7.23. The molecule has 0 amide bonds. The van der Waals surface area contributed by atoms with Crippen molar-refractivity contribution in [1.29, 1.82) is 0 Å². The summed E-state index contributed by atoms with van der Waals surface area (Å²) in [6, 6.07) is 39.0. The average molecular weight is 495 g/mol. The molecule has 0 bridgehead atoms. The van der Waals surface area contributed by atoms with Crippen LogP contribution >= 0.6 is 22.7 Å². The zero-order valence-electron chi connectivity index (χ0n) is 19.1. The summed E-state index contributed by atoms with van der Waals surface area (Å²) in [6.07, 6.45) is 0. The zero-order chi connectivity index (χ0) is 23.6. The molecule has 0 aliphatic heterocycles. The fraction of sp³-hybridized carbons (Fsp3) is 0. The quantitative estimate of drug-likeness (QED) is 0.224. The minimum absolute atomic E-state index is 1.04. The van der Waals surface area contributed by atoms with Crippen molar-refractivity contribution in [3.63, 3.8) is 0 Å². The van der Waals surface area contributed by atoms with Crippen LogP contribution in [0.5, 0.6) is 0 Å². The lowest BCUT2D eigenvalue weighted by Crippen LogP contribution is -1.84. The summed E-state index contributed by atoms with van der Waals surface area (Å²) < 4.78 is 2.35. The Labute approximate surface area is 215 Å². The van der Waals surface area contributed by atoms with Gasteiger partial charge in [-0.25, -0.2) is 9.97 Å². The lowest BCUT2D eigenvalue weighted by atomic mass is 9.93. The van der Waals surface area contributed by atoms with Gasteiger partial charge in [0, 0.05) is 11.1 Å². The van der Waals surface area contributed by atoms with Crippen LogP contribution in [0.3, 0.4) is 0 Å². The van der Waals surface area contributed by atoms with E-state index in [0.29, 0.717) is 0 Å². The van der Waals surface area contributed by atoms with E-state index in [0.717, 1.165) is 32.2 Å². The van der Waals surface area contributed by atoms with Crippen molar-refractivity contribution in [3.05, 3.63) is 109 Å². The molecule has 2 nitrogen and oxygen atoms in total. The molecule has 0 atom stereocenters. The summed E-state index contributed by atoms with van der Waals surface area (Å²) in [5, 5.41) is 9.83. The molecule has 0 aliphatic rings. The number of fused-ring (bicyclic) bond motifs is 8. The second-order valence-electron chi connectivity index (χ2n) is 9.04. The smallest absolute Gasteiger partial charge is 0.124 e. The molecule has 36 heavy (non-hydrogen) atoms. The molecule has 2 heterocycles. The zero-order valence-corrected chi connectivity index (χ0v) is 20.7. The summed E-state index contributed by atoms with van der Waals surface area (Å²) >= 11 is 3.47. The average Bonchev–Trinajstić information content (AvgIpc) is 3.55. The van der Waals surface area contributed by atoms with E-state index < -0.39 is 0 Å². The van der Waals surface area contributed by atoms with Crippen LogP contribution in [0.2, 0.25) is 0 Å². The van der Waals surface area contributed by atoms with Crippen LogP contribution in [0.25, 0.3) is 73.9 Å². The first-order valence-electron chi connectivity index (χ1n) is 11.9. The molecule has 8 rings (SSSR count). The molecule has 0 saturated carbocycles.